The summed E-state index contributed by atoms with van der Waals surface area (Å²) in [5.74, 6) is 1.08. The van der Waals surface area contributed by atoms with E-state index in [0.717, 1.165) is 30.8 Å². The number of benzene rings is 1. The maximum absolute atomic E-state index is 13.2. The van der Waals surface area contributed by atoms with Gasteiger partial charge in [0.2, 0.25) is 0 Å². The van der Waals surface area contributed by atoms with Crippen LogP contribution >= 0.6 is 27.5 Å². The third kappa shape index (κ3) is 5.36. The van der Waals surface area contributed by atoms with E-state index in [2.05, 4.69) is 28.2 Å². The summed E-state index contributed by atoms with van der Waals surface area (Å²) in [6.07, 6.45) is 2.22. The second-order valence-corrected chi connectivity index (χ2v) is 5.39. The fourth-order valence-corrected chi connectivity index (χ4v) is 2.12. The minimum absolute atomic E-state index is 0.208. The van der Waals surface area contributed by atoms with Crippen LogP contribution < -0.4 is 5.32 Å². The molecular weight excluding hydrogens is 305 g/mol. The lowest BCUT2D eigenvalue weighted by atomic mass is 10.1. The second kappa shape index (κ2) is 8.06. The van der Waals surface area contributed by atoms with Crippen LogP contribution in [0.25, 0.3) is 0 Å². The summed E-state index contributed by atoms with van der Waals surface area (Å²) < 4.78 is 13.8. The molecule has 0 aliphatic rings. The molecule has 0 amide bonds. The lowest BCUT2D eigenvalue weighted by Crippen LogP contribution is -2.16. The van der Waals surface area contributed by atoms with Gasteiger partial charge in [-0.2, -0.15) is 0 Å². The molecule has 1 aromatic rings. The average Bonchev–Trinajstić information content (AvgIpc) is 2.33. The highest BCUT2D eigenvalue weighted by molar-refractivity contribution is 9.10. The minimum atomic E-state index is -0.208. The van der Waals surface area contributed by atoms with E-state index in [-0.39, 0.29) is 5.82 Å². The molecule has 0 spiro atoms. The molecule has 1 N–H and O–H groups in total. The maximum atomic E-state index is 13.2. The molecule has 0 fully saturated rings. The quantitative estimate of drug-likeness (QED) is 0.582. The van der Waals surface area contributed by atoms with E-state index < -0.39 is 0 Å². The van der Waals surface area contributed by atoms with Crippen LogP contribution in [0.1, 0.15) is 25.3 Å². The smallest absolute Gasteiger partial charge is 0.137 e. The van der Waals surface area contributed by atoms with Gasteiger partial charge in [0.25, 0.3) is 0 Å². The molecule has 0 bridgehead atoms. The number of hydrogen-bond acceptors (Lipinski definition) is 1. The Morgan fingerprint density at radius 2 is 2.24 bits per heavy atom. The minimum Gasteiger partial charge on any atom is -0.313 e. The number of nitrogens with one attached hydrogen (secondary N) is 1. The van der Waals surface area contributed by atoms with E-state index in [9.17, 15) is 4.39 Å². The maximum Gasteiger partial charge on any atom is 0.137 e. The van der Waals surface area contributed by atoms with Crippen LogP contribution in [-0.2, 0) is 6.54 Å². The molecule has 4 heteroatoms. The normalized spacial score (nSPS) is 12.7. The molecule has 0 saturated carbocycles. The molecule has 0 radical (unpaired) electrons. The fraction of sp³-hybridized carbons (Fsp3) is 0.538. The Balaban J connectivity index is 2.25. The van der Waals surface area contributed by atoms with Crippen LogP contribution in [0.2, 0.25) is 0 Å². The van der Waals surface area contributed by atoms with Crippen molar-refractivity contribution in [1.82, 2.24) is 5.32 Å². The molecule has 0 saturated heterocycles. The first-order valence-corrected chi connectivity index (χ1v) is 7.17. The van der Waals surface area contributed by atoms with Gasteiger partial charge in [-0.15, -0.1) is 11.6 Å². The van der Waals surface area contributed by atoms with Gasteiger partial charge in [-0.3, -0.25) is 0 Å². The first kappa shape index (κ1) is 14.9. The van der Waals surface area contributed by atoms with E-state index in [4.69, 9.17) is 11.6 Å². The highest BCUT2D eigenvalue weighted by atomic mass is 79.9. The van der Waals surface area contributed by atoms with Crippen LogP contribution in [0, 0.1) is 11.7 Å². The lowest BCUT2D eigenvalue weighted by molar-refractivity contribution is 0.530. The molecule has 1 nitrogen and oxygen atoms in total. The zero-order chi connectivity index (χ0) is 12.7. The van der Waals surface area contributed by atoms with E-state index >= 15 is 0 Å². The van der Waals surface area contributed by atoms with Crippen LogP contribution in [0.5, 0.6) is 0 Å². The predicted molar refractivity (Wildman–Crippen MR) is 74.9 cm³/mol. The Morgan fingerprint density at radius 1 is 1.47 bits per heavy atom. The van der Waals surface area contributed by atoms with Crippen LogP contribution in [-0.4, -0.2) is 12.4 Å². The number of alkyl halides is 1. The second-order valence-electron chi connectivity index (χ2n) is 4.29. The van der Waals surface area contributed by atoms with Crippen molar-refractivity contribution in [3.63, 3.8) is 0 Å². The largest absolute Gasteiger partial charge is 0.313 e. The predicted octanol–water partition coefficient (Wildman–Crippen LogP) is 4.33. The molecule has 1 rings (SSSR count). The summed E-state index contributed by atoms with van der Waals surface area (Å²) in [4.78, 5) is 0. The van der Waals surface area contributed by atoms with E-state index in [1.54, 1.807) is 6.07 Å². The third-order valence-corrected chi connectivity index (χ3v) is 4.08. The molecule has 0 aliphatic carbocycles. The topological polar surface area (TPSA) is 12.0 Å². The first-order chi connectivity index (χ1) is 8.15. The summed E-state index contributed by atoms with van der Waals surface area (Å²) in [5, 5.41) is 3.31. The van der Waals surface area contributed by atoms with Crippen molar-refractivity contribution in [2.45, 2.75) is 26.3 Å². The lowest BCUT2D eigenvalue weighted by Gasteiger charge is -2.09. The van der Waals surface area contributed by atoms with Gasteiger partial charge in [0.1, 0.15) is 5.82 Å². The summed E-state index contributed by atoms with van der Waals surface area (Å²) in [6.45, 7) is 3.77. The fourth-order valence-electron chi connectivity index (χ4n) is 1.56. The van der Waals surface area contributed by atoms with Crippen molar-refractivity contribution in [3.05, 3.63) is 34.1 Å². The van der Waals surface area contributed by atoms with Crippen molar-refractivity contribution in [3.8, 4) is 0 Å². The van der Waals surface area contributed by atoms with Crippen LogP contribution in [0.3, 0.4) is 0 Å². The van der Waals surface area contributed by atoms with Gasteiger partial charge >= 0.3 is 0 Å². The molecule has 96 valence electrons. The number of rotatable bonds is 7. The van der Waals surface area contributed by atoms with Crippen LogP contribution in [0.15, 0.2) is 22.7 Å². The van der Waals surface area contributed by atoms with Gasteiger partial charge in [-0.25, -0.2) is 4.39 Å². The zero-order valence-electron chi connectivity index (χ0n) is 9.98. The average molecular weight is 323 g/mol. The van der Waals surface area contributed by atoms with Crippen molar-refractivity contribution >= 4 is 27.5 Å². The monoisotopic (exact) mass is 321 g/mol. The van der Waals surface area contributed by atoms with Gasteiger partial charge in [-0.1, -0.05) is 19.1 Å². The first-order valence-electron chi connectivity index (χ1n) is 5.84. The summed E-state index contributed by atoms with van der Waals surface area (Å²) in [5.41, 5.74) is 0.954. The molecule has 1 atom stereocenters. The molecule has 0 aromatic heterocycles. The van der Waals surface area contributed by atoms with Crippen molar-refractivity contribution in [2.24, 2.45) is 5.92 Å². The highest BCUT2D eigenvalue weighted by Crippen LogP contribution is 2.20. The summed E-state index contributed by atoms with van der Waals surface area (Å²) >= 11 is 8.98. The summed E-state index contributed by atoms with van der Waals surface area (Å²) in [7, 11) is 0. The van der Waals surface area contributed by atoms with Crippen LogP contribution in [0.4, 0.5) is 4.39 Å². The number of halogens is 3. The Hall–Kier alpha value is -0.120. The van der Waals surface area contributed by atoms with Gasteiger partial charge < -0.3 is 5.32 Å². The number of hydrogen-bond donors (Lipinski definition) is 1. The van der Waals surface area contributed by atoms with Crippen molar-refractivity contribution < 1.29 is 4.39 Å². The third-order valence-electron chi connectivity index (χ3n) is 2.66. The Morgan fingerprint density at radius 3 is 2.94 bits per heavy atom. The van der Waals surface area contributed by atoms with E-state index in [1.807, 2.05) is 6.07 Å². The Bertz CT molecular complexity index is 346. The van der Waals surface area contributed by atoms with Crippen molar-refractivity contribution in [1.29, 1.82) is 0 Å². The highest BCUT2D eigenvalue weighted by Gasteiger charge is 2.04. The van der Waals surface area contributed by atoms with E-state index in [0.29, 0.717) is 16.9 Å². The summed E-state index contributed by atoms with van der Waals surface area (Å²) in [6, 6.07) is 5.10. The van der Waals surface area contributed by atoms with Gasteiger partial charge in [0, 0.05) is 12.4 Å². The van der Waals surface area contributed by atoms with Crippen molar-refractivity contribution in [2.75, 3.05) is 12.4 Å². The van der Waals surface area contributed by atoms with E-state index in [1.165, 1.54) is 6.07 Å². The molecule has 1 unspecified atom stereocenters. The molecular formula is C13H18BrClFN. The van der Waals surface area contributed by atoms with Gasteiger partial charge in [-0.05, 0) is 52.9 Å². The zero-order valence-corrected chi connectivity index (χ0v) is 12.3. The SMILES string of the molecule is CC(CCl)CCCNCc1cccc(F)c1Br. The molecule has 1 aromatic carbocycles. The standard InChI is InChI=1S/C13H18BrClFN/c1-10(8-15)4-3-7-17-9-11-5-2-6-12(16)13(11)14/h2,5-6,10,17H,3-4,7-9H2,1H3. The Kier molecular flexibility index (Phi) is 7.09. The van der Waals surface area contributed by atoms with Gasteiger partial charge in [0.05, 0.1) is 4.47 Å². The van der Waals surface area contributed by atoms with Gasteiger partial charge in [0.15, 0.2) is 0 Å². The Labute approximate surface area is 116 Å². The molecule has 0 heterocycles. The molecule has 0 aliphatic heterocycles. The molecule has 17 heavy (non-hydrogen) atoms.